The highest BCUT2D eigenvalue weighted by Gasteiger charge is 2.65. The topological polar surface area (TPSA) is 87.6 Å². The van der Waals surface area contributed by atoms with Gasteiger partial charge < -0.3 is 19.7 Å². The standard InChI is InChI=1S/C21H21F3N2O4/c1-10(2)29-14-8-19(3)15-16(20(14,4)30-19)18(28)26(17(15)27)12-6-5-11(9-25)13(7-12)21(22,23)24/h5-7,10,14,27-28H,8H2,1-4H3/t14-,19+,20-/m0/s1. The van der Waals surface area contributed by atoms with E-state index in [-0.39, 0.29) is 11.8 Å². The maximum absolute atomic E-state index is 13.4. The van der Waals surface area contributed by atoms with E-state index in [4.69, 9.17) is 14.7 Å². The summed E-state index contributed by atoms with van der Waals surface area (Å²) >= 11 is 0. The number of alkyl halides is 3. The Labute approximate surface area is 171 Å². The first-order chi connectivity index (χ1) is 13.8. The normalized spacial score (nSPS) is 27.5. The van der Waals surface area contributed by atoms with Gasteiger partial charge in [0.2, 0.25) is 11.8 Å². The monoisotopic (exact) mass is 422 g/mol. The van der Waals surface area contributed by atoms with Crippen molar-refractivity contribution in [3.05, 3.63) is 40.5 Å². The summed E-state index contributed by atoms with van der Waals surface area (Å²) in [5, 5.41) is 30.9. The number of ether oxygens (including phenoxy) is 2. The van der Waals surface area contributed by atoms with Gasteiger partial charge in [-0.15, -0.1) is 0 Å². The molecule has 0 radical (unpaired) electrons. The molecule has 2 N–H and O–H groups in total. The molecular formula is C21H21F3N2O4. The average Bonchev–Trinajstić information content (AvgIpc) is 3.14. The molecule has 2 aliphatic rings. The van der Waals surface area contributed by atoms with Gasteiger partial charge in [0, 0.05) is 6.42 Å². The fourth-order valence-electron chi connectivity index (χ4n) is 4.76. The van der Waals surface area contributed by atoms with E-state index in [2.05, 4.69) is 0 Å². The van der Waals surface area contributed by atoms with Gasteiger partial charge in [0.1, 0.15) is 5.60 Å². The van der Waals surface area contributed by atoms with Gasteiger partial charge in [-0.25, -0.2) is 0 Å². The molecule has 2 aliphatic heterocycles. The zero-order valence-corrected chi connectivity index (χ0v) is 16.8. The highest BCUT2D eigenvalue weighted by Crippen LogP contribution is 2.65. The molecule has 6 nitrogen and oxygen atoms in total. The van der Waals surface area contributed by atoms with Crippen LogP contribution >= 0.6 is 0 Å². The summed E-state index contributed by atoms with van der Waals surface area (Å²) in [6, 6.07) is 4.52. The molecule has 1 saturated heterocycles. The summed E-state index contributed by atoms with van der Waals surface area (Å²) in [6.07, 6.45) is -4.85. The number of fused-ring (bicyclic) bond motifs is 5. The first kappa shape index (κ1) is 20.6. The molecule has 4 rings (SSSR count). The molecule has 3 atom stereocenters. The highest BCUT2D eigenvalue weighted by molar-refractivity contribution is 5.62. The number of nitriles is 1. The van der Waals surface area contributed by atoms with E-state index in [0.29, 0.717) is 17.5 Å². The van der Waals surface area contributed by atoms with Gasteiger partial charge in [0.15, 0.2) is 0 Å². The molecule has 0 aliphatic carbocycles. The maximum atomic E-state index is 13.4. The first-order valence-corrected chi connectivity index (χ1v) is 9.48. The van der Waals surface area contributed by atoms with Gasteiger partial charge in [-0.2, -0.15) is 18.4 Å². The Hall–Kier alpha value is -2.70. The van der Waals surface area contributed by atoms with Crippen molar-refractivity contribution in [1.82, 2.24) is 4.57 Å². The lowest BCUT2D eigenvalue weighted by molar-refractivity contribution is -0.137. The minimum Gasteiger partial charge on any atom is -0.494 e. The predicted octanol–water partition coefficient (Wildman–Crippen LogP) is 4.44. The van der Waals surface area contributed by atoms with Crippen LogP contribution in [0.4, 0.5) is 13.2 Å². The van der Waals surface area contributed by atoms with Crippen LogP contribution in [0.2, 0.25) is 0 Å². The fourth-order valence-corrected chi connectivity index (χ4v) is 4.76. The van der Waals surface area contributed by atoms with Crippen molar-refractivity contribution >= 4 is 0 Å². The molecule has 0 unspecified atom stereocenters. The van der Waals surface area contributed by atoms with E-state index in [1.165, 1.54) is 12.1 Å². The lowest BCUT2D eigenvalue weighted by Crippen LogP contribution is -2.37. The number of hydrogen-bond acceptors (Lipinski definition) is 5. The number of nitrogens with zero attached hydrogens (tertiary/aromatic N) is 2. The molecule has 0 amide bonds. The fraction of sp³-hybridized carbons (Fsp3) is 0.476. The number of benzene rings is 1. The van der Waals surface area contributed by atoms with Gasteiger partial charge >= 0.3 is 6.18 Å². The Morgan fingerprint density at radius 1 is 1.23 bits per heavy atom. The van der Waals surface area contributed by atoms with E-state index in [1.54, 1.807) is 13.8 Å². The van der Waals surface area contributed by atoms with Gasteiger partial charge in [-0.3, -0.25) is 4.57 Å². The van der Waals surface area contributed by atoms with Crippen LogP contribution in [0.1, 0.15) is 56.4 Å². The van der Waals surface area contributed by atoms with Crippen molar-refractivity contribution in [3.63, 3.8) is 0 Å². The molecule has 3 heterocycles. The van der Waals surface area contributed by atoms with Gasteiger partial charge in [-0.05, 0) is 45.9 Å². The Morgan fingerprint density at radius 3 is 2.43 bits per heavy atom. The third kappa shape index (κ3) is 2.63. The molecular weight excluding hydrogens is 401 g/mol. The van der Waals surface area contributed by atoms with Crippen molar-refractivity contribution < 1.29 is 32.9 Å². The van der Waals surface area contributed by atoms with Crippen molar-refractivity contribution in [2.75, 3.05) is 0 Å². The number of hydrogen-bond donors (Lipinski definition) is 2. The van der Waals surface area contributed by atoms with Crippen LogP contribution < -0.4 is 0 Å². The first-order valence-electron chi connectivity index (χ1n) is 9.48. The SMILES string of the molecule is CC(C)O[C@H]1C[C@@]2(C)O[C@]1(C)c1c2c(O)n(-c2ccc(C#N)c(C(F)(F)F)c2)c1O. The second-order valence-corrected chi connectivity index (χ2v) is 8.39. The smallest absolute Gasteiger partial charge is 0.417 e. The maximum Gasteiger partial charge on any atom is 0.417 e. The summed E-state index contributed by atoms with van der Waals surface area (Å²) in [5.41, 5.74) is -3.19. The molecule has 30 heavy (non-hydrogen) atoms. The molecule has 1 aromatic heterocycles. The summed E-state index contributed by atoms with van der Waals surface area (Å²) in [7, 11) is 0. The van der Waals surface area contributed by atoms with Crippen molar-refractivity contribution in [3.8, 4) is 23.5 Å². The lowest BCUT2D eigenvalue weighted by atomic mass is 9.78. The summed E-state index contributed by atoms with van der Waals surface area (Å²) in [6.45, 7) is 7.23. The molecule has 9 heteroatoms. The molecule has 1 fully saturated rings. The Morgan fingerprint density at radius 2 is 1.87 bits per heavy atom. The number of rotatable bonds is 3. The third-order valence-corrected chi connectivity index (χ3v) is 5.90. The van der Waals surface area contributed by atoms with Crippen LogP contribution in [-0.4, -0.2) is 27.0 Å². The van der Waals surface area contributed by atoms with E-state index < -0.39 is 46.4 Å². The summed E-state index contributed by atoms with van der Waals surface area (Å²) < 4.78 is 53.3. The van der Waals surface area contributed by atoms with E-state index in [9.17, 15) is 23.4 Å². The lowest BCUT2D eigenvalue weighted by Gasteiger charge is -2.31. The van der Waals surface area contributed by atoms with Crippen LogP contribution in [0.5, 0.6) is 11.8 Å². The molecule has 0 saturated carbocycles. The molecule has 2 bridgehead atoms. The van der Waals surface area contributed by atoms with E-state index in [0.717, 1.165) is 16.7 Å². The Kier molecular flexibility index (Phi) is 4.22. The van der Waals surface area contributed by atoms with Crippen LogP contribution in [0.15, 0.2) is 18.2 Å². The van der Waals surface area contributed by atoms with Crippen molar-refractivity contribution in [2.45, 2.75) is 63.7 Å². The van der Waals surface area contributed by atoms with E-state index >= 15 is 0 Å². The Bertz CT molecular complexity index is 1090. The minimum atomic E-state index is -4.77. The summed E-state index contributed by atoms with van der Waals surface area (Å²) in [5.74, 6) is -0.807. The van der Waals surface area contributed by atoms with Crippen LogP contribution in [0.3, 0.4) is 0 Å². The van der Waals surface area contributed by atoms with Gasteiger partial charge in [0.05, 0.1) is 51.8 Å². The van der Waals surface area contributed by atoms with Gasteiger partial charge in [-0.1, -0.05) is 0 Å². The minimum absolute atomic E-state index is 0.104. The molecule has 160 valence electrons. The second-order valence-electron chi connectivity index (χ2n) is 8.39. The van der Waals surface area contributed by atoms with Crippen LogP contribution in [0.25, 0.3) is 5.69 Å². The quantitative estimate of drug-likeness (QED) is 0.764. The van der Waals surface area contributed by atoms with Crippen molar-refractivity contribution in [1.29, 1.82) is 5.26 Å². The molecule has 1 aromatic carbocycles. The largest absolute Gasteiger partial charge is 0.494 e. The van der Waals surface area contributed by atoms with Crippen LogP contribution in [-0.2, 0) is 26.9 Å². The number of aromatic hydroxyl groups is 2. The zero-order valence-electron chi connectivity index (χ0n) is 16.8. The summed E-state index contributed by atoms with van der Waals surface area (Å²) in [4.78, 5) is 0. The average molecular weight is 422 g/mol. The zero-order chi connectivity index (χ0) is 22.2. The molecule has 2 aromatic rings. The van der Waals surface area contributed by atoms with Crippen LogP contribution in [0, 0.1) is 11.3 Å². The van der Waals surface area contributed by atoms with E-state index in [1.807, 2.05) is 13.8 Å². The second kappa shape index (κ2) is 6.15. The Balaban J connectivity index is 1.91. The number of aromatic nitrogens is 1. The third-order valence-electron chi connectivity index (χ3n) is 5.90. The van der Waals surface area contributed by atoms with Crippen molar-refractivity contribution in [2.24, 2.45) is 0 Å². The predicted molar refractivity (Wildman–Crippen MR) is 99.2 cm³/mol. The molecule has 0 spiro atoms. The highest BCUT2D eigenvalue weighted by atomic mass is 19.4. The van der Waals surface area contributed by atoms with Gasteiger partial charge in [0.25, 0.3) is 0 Å². The number of halogens is 3.